The minimum atomic E-state index is 0.329. The standard InChI is InChI=1S/C18H29N3/c19-18(17-11-13-6-7-14(17)10-13)12-15-8-9-21(20-15)16-4-2-1-3-5-16/h8-9,13-14,16-18H,1-7,10-12,19H2. The Morgan fingerprint density at radius 1 is 1.14 bits per heavy atom. The van der Waals surface area contributed by atoms with Gasteiger partial charge in [-0.05, 0) is 55.9 Å². The Labute approximate surface area is 128 Å². The molecule has 0 saturated heterocycles. The molecule has 3 nitrogen and oxygen atoms in total. The molecular formula is C18H29N3. The van der Waals surface area contributed by atoms with Crippen LogP contribution in [0.25, 0.3) is 0 Å². The Bertz CT molecular complexity index is 475. The van der Waals surface area contributed by atoms with Crippen LogP contribution in [0.4, 0.5) is 0 Å². The van der Waals surface area contributed by atoms with Gasteiger partial charge in [-0.1, -0.05) is 25.7 Å². The second-order valence-electron chi connectivity index (χ2n) is 7.79. The Balaban J connectivity index is 1.37. The highest BCUT2D eigenvalue weighted by Crippen LogP contribution is 2.49. The van der Waals surface area contributed by atoms with Gasteiger partial charge in [-0.2, -0.15) is 5.10 Å². The molecule has 2 N–H and O–H groups in total. The third-order valence-electron chi connectivity index (χ3n) is 6.40. The van der Waals surface area contributed by atoms with Gasteiger partial charge in [0, 0.05) is 18.7 Å². The molecule has 1 aromatic rings. The molecule has 1 heterocycles. The number of aromatic nitrogens is 2. The lowest BCUT2D eigenvalue weighted by Gasteiger charge is -2.27. The monoisotopic (exact) mass is 287 g/mol. The van der Waals surface area contributed by atoms with Gasteiger partial charge in [0.25, 0.3) is 0 Å². The molecule has 3 saturated carbocycles. The van der Waals surface area contributed by atoms with E-state index >= 15 is 0 Å². The first-order chi connectivity index (χ1) is 10.3. The van der Waals surface area contributed by atoms with E-state index in [2.05, 4.69) is 16.9 Å². The van der Waals surface area contributed by atoms with E-state index in [9.17, 15) is 0 Å². The van der Waals surface area contributed by atoms with Gasteiger partial charge in [0.1, 0.15) is 0 Å². The van der Waals surface area contributed by atoms with Crippen molar-refractivity contribution in [2.24, 2.45) is 23.5 Å². The van der Waals surface area contributed by atoms with Crippen LogP contribution in [0.1, 0.15) is 69.5 Å². The zero-order valence-electron chi connectivity index (χ0n) is 13.1. The van der Waals surface area contributed by atoms with E-state index in [-0.39, 0.29) is 0 Å². The first kappa shape index (κ1) is 13.8. The number of nitrogens with zero attached hydrogens (tertiary/aromatic N) is 2. The molecule has 21 heavy (non-hydrogen) atoms. The summed E-state index contributed by atoms with van der Waals surface area (Å²) < 4.78 is 2.22. The summed E-state index contributed by atoms with van der Waals surface area (Å²) in [5.41, 5.74) is 7.75. The fourth-order valence-electron chi connectivity index (χ4n) is 5.25. The Morgan fingerprint density at radius 3 is 2.71 bits per heavy atom. The zero-order chi connectivity index (χ0) is 14.2. The van der Waals surface area contributed by atoms with Crippen LogP contribution in [0.5, 0.6) is 0 Å². The third kappa shape index (κ3) is 2.77. The van der Waals surface area contributed by atoms with Crippen molar-refractivity contribution in [1.29, 1.82) is 0 Å². The summed E-state index contributed by atoms with van der Waals surface area (Å²) in [4.78, 5) is 0. The normalized spacial score (nSPS) is 34.4. The van der Waals surface area contributed by atoms with E-state index < -0.39 is 0 Å². The average Bonchev–Trinajstić information content (AvgIpc) is 3.24. The molecule has 3 fully saturated rings. The fourth-order valence-corrected chi connectivity index (χ4v) is 5.25. The number of hydrogen-bond acceptors (Lipinski definition) is 2. The highest BCUT2D eigenvalue weighted by Gasteiger charge is 2.42. The van der Waals surface area contributed by atoms with Gasteiger partial charge in [-0.15, -0.1) is 0 Å². The lowest BCUT2D eigenvalue weighted by Crippen LogP contribution is -2.35. The van der Waals surface area contributed by atoms with Crippen molar-refractivity contribution >= 4 is 0 Å². The lowest BCUT2D eigenvalue weighted by atomic mass is 9.82. The largest absolute Gasteiger partial charge is 0.327 e. The van der Waals surface area contributed by atoms with E-state index in [4.69, 9.17) is 10.8 Å². The van der Waals surface area contributed by atoms with E-state index in [0.29, 0.717) is 12.1 Å². The number of hydrogen-bond donors (Lipinski definition) is 1. The molecule has 4 unspecified atom stereocenters. The summed E-state index contributed by atoms with van der Waals surface area (Å²) in [6.45, 7) is 0. The van der Waals surface area contributed by atoms with Gasteiger partial charge in [0.05, 0.1) is 11.7 Å². The maximum Gasteiger partial charge on any atom is 0.0640 e. The molecule has 116 valence electrons. The van der Waals surface area contributed by atoms with Gasteiger partial charge in [0.2, 0.25) is 0 Å². The predicted octanol–water partition coefficient (Wildman–Crippen LogP) is 3.69. The number of rotatable bonds is 4. The summed E-state index contributed by atoms with van der Waals surface area (Å²) in [7, 11) is 0. The quantitative estimate of drug-likeness (QED) is 0.917. The topological polar surface area (TPSA) is 43.8 Å². The second kappa shape index (κ2) is 5.75. The van der Waals surface area contributed by atoms with Crippen molar-refractivity contribution in [3.8, 4) is 0 Å². The zero-order valence-corrected chi connectivity index (χ0v) is 13.1. The maximum absolute atomic E-state index is 6.54. The highest BCUT2D eigenvalue weighted by molar-refractivity contribution is 5.05. The molecule has 0 amide bonds. The summed E-state index contributed by atoms with van der Waals surface area (Å²) >= 11 is 0. The molecule has 0 spiro atoms. The van der Waals surface area contributed by atoms with Crippen LogP contribution in [0, 0.1) is 17.8 Å². The van der Waals surface area contributed by atoms with Crippen LogP contribution in [0.3, 0.4) is 0 Å². The van der Waals surface area contributed by atoms with E-state index in [0.717, 1.165) is 24.2 Å². The first-order valence-electron chi connectivity index (χ1n) is 9.09. The molecule has 4 atom stereocenters. The molecule has 4 rings (SSSR count). The Kier molecular flexibility index (Phi) is 3.78. The Hall–Kier alpha value is -0.830. The summed E-state index contributed by atoms with van der Waals surface area (Å²) in [6.07, 6.45) is 15.6. The third-order valence-corrected chi connectivity index (χ3v) is 6.40. The van der Waals surface area contributed by atoms with Crippen molar-refractivity contribution in [3.05, 3.63) is 18.0 Å². The average molecular weight is 287 g/mol. The summed E-state index contributed by atoms with van der Waals surface area (Å²) in [6, 6.07) is 3.18. The van der Waals surface area contributed by atoms with Crippen molar-refractivity contribution < 1.29 is 0 Å². The van der Waals surface area contributed by atoms with Crippen LogP contribution in [0.15, 0.2) is 12.3 Å². The van der Waals surface area contributed by atoms with Crippen LogP contribution >= 0.6 is 0 Å². The minimum Gasteiger partial charge on any atom is -0.327 e. The van der Waals surface area contributed by atoms with Gasteiger partial charge in [-0.3, -0.25) is 4.68 Å². The molecular weight excluding hydrogens is 258 g/mol. The molecule has 3 aliphatic rings. The van der Waals surface area contributed by atoms with Crippen LogP contribution in [-0.4, -0.2) is 15.8 Å². The molecule has 0 radical (unpaired) electrons. The number of fused-ring (bicyclic) bond motifs is 2. The molecule has 0 aliphatic heterocycles. The van der Waals surface area contributed by atoms with Crippen LogP contribution < -0.4 is 5.73 Å². The molecule has 1 aromatic heterocycles. The molecule has 3 aliphatic carbocycles. The van der Waals surface area contributed by atoms with Crippen LogP contribution in [-0.2, 0) is 6.42 Å². The molecule has 0 aromatic carbocycles. The minimum absolute atomic E-state index is 0.329. The fraction of sp³-hybridized carbons (Fsp3) is 0.833. The van der Waals surface area contributed by atoms with Crippen molar-refractivity contribution in [2.75, 3.05) is 0 Å². The SMILES string of the molecule is NC(Cc1ccn(C2CCCCC2)n1)C1CC2CCC1C2. The van der Waals surface area contributed by atoms with Crippen LogP contribution in [0.2, 0.25) is 0 Å². The first-order valence-corrected chi connectivity index (χ1v) is 9.09. The molecule has 2 bridgehead atoms. The van der Waals surface area contributed by atoms with Gasteiger partial charge in [-0.25, -0.2) is 0 Å². The second-order valence-corrected chi connectivity index (χ2v) is 7.79. The smallest absolute Gasteiger partial charge is 0.0640 e. The highest BCUT2D eigenvalue weighted by atomic mass is 15.3. The number of nitrogens with two attached hydrogens (primary N) is 1. The molecule has 3 heteroatoms. The van der Waals surface area contributed by atoms with E-state index in [1.54, 1.807) is 0 Å². The van der Waals surface area contributed by atoms with E-state index in [1.165, 1.54) is 63.5 Å². The van der Waals surface area contributed by atoms with E-state index in [1.807, 2.05) is 0 Å². The van der Waals surface area contributed by atoms with Crippen molar-refractivity contribution in [1.82, 2.24) is 9.78 Å². The van der Waals surface area contributed by atoms with Crippen molar-refractivity contribution in [3.63, 3.8) is 0 Å². The van der Waals surface area contributed by atoms with Gasteiger partial charge >= 0.3 is 0 Å². The Morgan fingerprint density at radius 2 is 2.00 bits per heavy atom. The summed E-state index contributed by atoms with van der Waals surface area (Å²) in [5, 5.41) is 4.84. The predicted molar refractivity (Wildman–Crippen MR) is 85.0 cm³/mol. The summed E-state index contributed by atoms with van der Waals surface area (Å²) in [5.74, 6) is 2.68. The van der Waals surface area contributed by atoms with Crippen molar-refractivity contribution in [2.45, 2.75) is 76.3 Å². The maximum atomic E-state index is 6.54. The van der Waals surface area contributed by atoms with Gasteiger partial charge in [0.15, 0.2) is 0 Å². The van der Waals surface area contributed by atoms with Gasteiger partial charge < -0.3 is 5.73 Å². The lowest BCUT2D eigenvalue weighted by molar-refractivity contribution is 0.278.